The van der Waals surface area contributed by atoms with E-state index in [1.165, 1.54) is 0 Å². The van der Waals surface area contributed by atoms with Gasteiger partial charge in [-0.2, -0.15) is 0 Å². The Hall–Kier alpha value is -2.05. The number of aromatic amines is 1. The molecule has 1 aromatic carbocycles. The van der Waals surface area contributed by atoms with Gasteiger partial charge in [0.05, 0.1) is 13.2 Å². The van der Waals surface area contributed by atoms with Crippen molar-refractivity contribution in [3.05, 3.63) is 35.0 Å². The molecular formula is C16H18ClN3O3. The third-order valence-corrected chi connectivity index (χ3v) is 4.10. The predicted molar refractivity (Wildman–Crippen MR) is 87.6 cm³/mol. The summed E-state index contributed by atoms with van der Waals surface area (Å²) in [5.41, 5.74) is 1.23. The van der Waals surface area contributed by atoms with E-state index in [9.17, 15) is 9.59 Å². The molecule has 3 rings (SSSR count). The number of aromatic nitrogens is 1. The van der Waals surface area contributed by atoms with Crippen molar-refractivity contribution in [1.82, 2.24) is 15.2 Å². The third-order valence-electron chi connectivity index (χ3n) is 3.87. The van der Waals surface area contributed by atoms with E-state index in [-0.39, 0.29) is 11.8 Å². The summed E-state index contributed by atoms with van der Waals surface area (Å²) in [5.74, 6) is -0.410. The van der Waals surface area contributed by atoms with Gasteiger partial charge in [0.2, 0.25) is 5.91 Å². The largest absolute Gasteiger partial charge is 0.378 e. The standard InChI is InChI=1S/C16H18ClN3O3/c1-10(16(22)20-4-6-23-7-5-20)18-15(21)14-9-11-8-12(17)2-3-13(11)19-14/h2-3,8-10,19H,4-7H2,1H3,(H,18,21)/t10-/m0/s1. The fourth-order valence-corrected chi connectivity index (χ4v) is 2.80. The second-order valence-electron chi connectivity index (χ2n) is 5.55. The molecule has 1 aliphatic rings. The Labute approximate surface area is 138 Å². The van der Waals surface area contributed by atoms with E-state index >= 15 is 0 Å². The number of benzene rings is 1. The first-order chi connectivity index (χ1) is 11.0. The average molecular weight is 336 g/mol. The Morgan fingerprint density at radius 2 is 2.04 bits per heavy atom. The Morgan fingerprint density at radius 1 is 1.30 bits per heavy atom. The molecule has 2 aromatic rings. The van der Waals surface area contributed by atoms with E-state index in [2.05, 4.69) is 10.3 Å². The Balaban J connectivity index is 1.68. The number of nitrogens with one attached hydrogen (secondary N) is 2. The molecule has 0 bridgehead atoms. The Morgan fingerprint density at radius 3 is 2.78 bits per heavy atom. The van der Waals surface area contributed by atoms with Crippen LogP contribution in [0.4, 0.5) is 0 Å². The molecule has 0 radical (unpaired) electrons. The van der Waals surface area contributed by atoms with E-state index in [0.29, 0.717) is 37.0 Å². The van der Waals surface area contributed by atoms with E-state index in [1.807, 2.05) is 6.07 Å². The van der Waals surface area contributed by atoms with Crippen LogP contribution in [-0.2, 0) is 9.53 Å². The second kappa shape index (κ2) is 6.60. The van der Waals surface area contributed by atoms with Crippen molar-refractivity contribution in [2.75, 3.05) is 26.3 Å². The molecule has 1 aromatic heterocycles. The Kier molecular flexibility index (Phi) is 4.54. The zero-order valence-electron chi connectivity index (χ0n) is 12.8. The molecule has 1 saturated heterocycles. The fraction of sp³-hybridized carbons (Fsp3) is 0.375. The van der Waals surface area contributed by atoms with Crippen LogP contribution >= 0.6 is 11.6 Å². The first-order valence-corrected chi connectivity index (χ1v) is 7.88. The molecule has 23 heavy (non-hydrogen) atoms. The maximum absolute atomic E-state index is 12.3. The summed E-state index contributed by atoms with van der Waals surface area (Å²) in [7, 11) is 0. The highest BCUT2D eigenvalue weighted by molar-refractivity contribution is 6.31. The number of rotatable bonds is 3. The maximum Gasteiger partial charge on any atom is 0.268 e. The number of hydrogen-bond acceptors (Lipinski definition) is 3. The second-order valence-corrected chi connectivity index (χ2v) is 5.98. The van der Waals surface area contributed by atoms with Gasteiger partial charge in [0, 0.05) is 29.0 Å². The van der Waals surface area contributed by atoms with Gasteiger partial charge in [-0.15, -0.1) is 0 Å². The minimum Gasteiger partial charge on any atom is -0.378 e. The van der Waals surface area contributed by atoms with Gasteiger partial charge in [-0.05, 0) is 31.2 Å². The molecule has 122 valence electrons. The van der Waals surface area contributed by atoms with Gasteiger partial charge in [-0.1, -0.05) is 11.6 Å². The van der Waals surface area contributed by atoms with Crippen LogP contribution in [0.2, 0.25) is 5.02 Å². The molecule has 1 fully saturated rings. The van der Waals surface area contributed by atoms with Crippen molar-refractivity contribution in [2.24, 2.45) is 0 Å². The zero-order chi connectivity index (χ0) is 16.4. The smallest absolute Gasteiger partial charge is 0.268 e. The maximum atomic E-state index is 12.3. The van der Waals surface area contributed by atoms with Gasteiger partial charge in [0.1, 0.15) is 11.7 Å². The van der Waals surface area contributed by atoms with Crippen molar-refractivity contribution < 1.29 is 14.3 Å². The van der Waals surface area contributed by atoms with E-state index < -0.39 is 6.04 Å². The molecule has 2 N–H and O–H groups in total. The number of ether oxygens (including phenoxy) is 1. The molecule has 7 heteroatoms. The minimum absolute atomic E-state index is 0.0965. The lowest BCUT2D eigenvalue weighted by Gasteiger charge is -2.29. The molecule has 0 unspecified atom stereocenters. The van der Waals surface area contributed by atoms with Crippen molar-refractivity contribution in [3.8, 4) is 0 Å². The van der Waals surface area contributed by atoms with Crippen LogP contribution in [-0.4, -0.2) is 54.0 Å². The first-order valence-electron chi connectivity index (χ1n) is 7.50. The monoisotopic (exact) mass is 335 g/mol. The van der Waals surface area contributed by atoms with Crippen LogP contribution in [0.1, 0.15) is 17.4 Å². The topological polar surface area (TPSA) is 74.4 Å². The highest BCUT2D eigenvalue weighted by atomic mass is 35.5. The number of nitrogens with zero attached hydrogens (tertiary/aromatic N) is 1. The molecule has 6 nitrogen and oxygen atoms in total. The minimum atomic E-state index is -0.587. The lowest BCUT2D eigenvalue weighted by Crippen LogP contribution is -2.50. The van der Waals surface area contributed by atoms with Gasteiger partial charge in [-0.3, -0.25) is 9.59 Å². The number of morpholine rings is 1. The summed E-state index contributed by atoms with van der Waals surface area (Å²) in [5, 5.41) is 4.20. The van der Waals surface area contributed by atoms with Gasteiger partial charge >= 0.3 is 0 Å². The summed E-state index contributed by atoms with van der Waals surface area (Å²) in [6.45, 7) is 3.88. The number of amides is 2. The highest BCUT2D eigenvalue weighted by Crippen LogP contribution is 2.20. The fourth-order valence-electron chi connectivity index (χ4n) is 2.62. The molecule has 1 atom stereocenters. The summed E-state index contributed by atoms with van der Waals surface area (Å²) in [4.78, 5) is 29.4. The van der Waals surface area contributed by atoms with Gasteiger partial charge in [-0.25, -0.2) is 0 Å². The van der Waals surface area contributed by atoms with Crippen molar-refractivity contribution >= 4 is 34.3 Å². The summed E-state index contributed by atoms with van der Waals surface area (Å²) in [6.07, 6.45) is 0. The van der Waals surface area contributed by atoms with E-state index in [4.69, 9.17) is 16.3 Å². The summed E-state index contributed by atoms with van der Waals surface area (Å²) in [6, 6.07) is 6.49. The lowest BCUT2D eigenvalue weighted by molar-refractivity contribution is -0.136. The predicted octanol–water partition coefficient (Wildman–Crippen LogP) is 1.80. The van der Waals surface area contributed by atoms with Gasteiger partial charge < -0.3 is 19.9 Å². The van der Waals surface area contributed by atoms with E-state index in [0.717, 1.165) is 10.9 Å². The summed E-state index contributed by atoms with van der Waals surface area (Å²) >= 11 is 5.94. The van der Waals surface area contributed by atoms with Crippen LogP contribution in [0.5, 0.6) is 0 Å². The SMILES string of the molecule is C[C@H](NC(=O)c1cc2cc(Cl)ccc2[nH]1)C(=O)N1CCOCC1. The number of carbonyl (C=O) groups excluding carboxylic acids is 2. The Bertz CT molecular complexity index is 737. The molecule has 0 spiro atoms. The summed E-state index contributed by atoms with van der Waals surface area (Å²) < 4.78 is 5.23. The van der Waals surface area contributed by atoms with Crippen LogP contribution in [0.25, 0.3) is 10.9 Å². The number of halogens is 1. The molecular weight excluding hydrogens is 318 g/mol. The number of carbonyl (C=O) groups is 2. The number of fused-ring (bicyclic) bond motifs is 1. The van der Waals surface area contributed by atoms with Crippen LogP contribution in [0, 0.1) is 0 Å². The number of hydrogen-bond donors (Lipinski definition) is 2. The third kappa shape index (κ3) is 3.48. The van der Waals surface area contributed by atoms with Crippen molar-refractivity contribution in [2.45, 2.75) is 13.0 Å². The molecule has 2 amide bonds. The number of H-pyrrole nitrogens is 1. The van der Waals surface area contributed by atoms with Gasteiger partial charge in [0.25, 0.3) is 5.91 Å². The lowest BCUT2D eigenvalue weighted by atomic mass is 10.2. The van der Waals surface area contributed by atoms with Crippen molar-refractivity contribution in [1.29, 1.82) is 0 Å². The quantitative estimate of drug-likeness (QED) is 0.898. The van der Waals surface area contributed by atoms with Crippen LogP contribution in [0.15, 0.2) is 24.3 Å². The molecule has 0 aliphatic carbocycles. The molecule has 1 aliphatic heterocycles. The van der Waals surface area contributed by atoms with Gasteiger partial charge in [0.15, 0.2) is 0 Å². The zero-order valence-corrected chi connectivity index (χ0v) is 13.5. The highest BCUT2D eigenvalue weighted by Gasteiger charge is 2.24. The van der Waals surface area contributed by atoms with Crippen molar-refractivity contribution in [3.63, 3.8) is 0 Å². The van der Waals surface area contributed by atoms with Crippen LogP contribution < -0.4 is 5.32 Å². The van der Waals surface area contributed by atoms with E-state index in [1.54, 1.807) is 30.0 Å². The average Bonchev–Trinajstić information content (AvgIpc) is 2.98. The first kappa shape index (κ1) is 15.8. The van der Waals surface area contributed by atoms with Crippen LogP contribution in [0.3, 0.4) is 0 Å². The molecule has 0 saturated carbocycles. The molecule has 2 heterocycles. The normalized spacial score (nSPS) is 16.3.